The third-order valence-electron chi connectivity index (χ3n) is 4.75. The number of aromatic amines is 1. The highest BCUT2D eigenvalue weighted by molar-refractivity contribution is 14.1. The van der Waals surface area contributed by atoms with Gasteiger partial charge in [0.25, 0.3) is 0 Å². The number of aromatic hydroxyl groups is 1. The van der Waals surface area contributed by atoms with Crippen molar-refractivity contribution >= 4 is 56.5 Å². The summed E-state index contributed by atoms with van der Waals surface area (Å²) in [6, 6.07) is 21.8. The average molecular weight is 530 g/mol. The molecule has 3 aromatic carbocycles. The molecule has 0 saturated carbocycles. The Balaban J connectivity index is 1.88. The molecule has 0 aliphatic heterocycles. The Kier molecular flexibility index (Phi) is 6.13. The second-order valence-corrected chi connectivity index (χ2v) is 9.10. The largest absolute Gasteiger partial charge is 0.494 e. The molecule has 4 aromatic rings. The van der Waals surface area contributed by atoms with Gasteiger partial charge in [-0.1, -0.05) is 41.9 Å². The summed E-state index contributed by atoms with van der Waals surface area (Å²) in [6.07, 6.45) is 0. The Morgan fingerprint density at radius 3 is 2.53 bits per heavy atom. The third kappa shape index (κ3) is 4.53. The minimum atomic E-state index is 0.0779. The van der Waals surface area contributed by atoms with Crippen molar-refractivity contribution in [3.8, 4) is 5.88 Å². The molecular formula is C24H21ClIN3O. The molecule has 0 fully saturated rings. The van der Waals surface area contributed by atoms with Gasteiger partial charge in [-0.2, -0.15) is 0 Å². The molecule has 30 heavy (non-hydrogen) atoms. The summed E-state index contributed by atoms with van der Waals surface area (Å²) in [7, 11) is 4.10. The van der Waals surface area contributed by atoms with E-state index in [1.807, 2.05) is 62.6 Å². The Morgan fingerprint density at radius 1 is 1.07 bits per heavy atom. The van der Waals surface area contributed by atoms with Crippen LogP contribution in [0.2, 0.25) is 5.02 Å². The van der Waals surface area contributed by atoms with Crippen LogP contribution in [-0.2, 0) is 6.54 Å². The fraction of sp³-hybridized carbons (Fsp3) is 0.125. The lowest BCUT2D eigenvalue weighted by molar-refractivity contribution is 0.402. The van der Waals surface area contributed by atoms with Gasteiger partial charge in [-0.3, -0.25) is 0 Å². The summed E-state index contributed by atoms with van der Waals surface area (Å²) >= 11 is 8.43. The summed E-state index contributed by atoms with van der Waals surface area (Å²) < 4.78 is 1.10. The molecule has 152 valence electrons. The Labute approximate surface area is 194 Å². The van der Waals surface area contributed by atoms with Crippen molar-refractivity contribution < 1.29 is 5.11 Å². The van der Waals surface area contributed by atoms with Crippen molar-refractivity contribution in [3.05, 3.63) is 92.0 Å². The van der Waals surface area contributed by atoms with E-state index in [1.54, 1.807) is 0 Å². The minimum absolute atomic E-state index is 0.0779. The van der Waals surface area contributed by atoms with Gasteiger partial charge in [-0.25, -0.2) is 4.99 Å². The Bertz CT molecular complexity index is 1230. The van der Waals surface area contributed by atoms with Crippen molar-refractivity contribution in [2.45, 2.75) is 6.54 Å². The summed E-state index contributed by atoms with van der Waals surface area (Å²) in [5, 5.41) is 12.2. The van der Waals surface area contributed by atoms with Gasteiger partial charge in [0.05, 0.1) is 22.5 Å². The van der Waals surface area contributed by atoms with E-state index >= 15 is 0 Å². The van der Waals surface area contributed by atoms with E-state index < -0.39 is 0 Å². The maximum Gasteiger partial charge on any atom is 0.199 e. The van der Waals surface area contributed by atoms with Crippen LogP contribution in [-0.4, -0.2) is 34.8 Å². The Morgan fingerprint density at radius 2 is 1.83 bits per heavy atom. The molecular weight excluding hydrogens is 509 g/mol. The van der Waals surface area contributed by atoms with Crippen LogP contribution in [0.1, 0.15) is 16.7 Å². The quantitative estimate of drug-likeness (QED) is 0.233. The van der Waals surface area contributed by atoms with Crippen LogP contribution in [0.15, 0.2) is 71.7 Å². The maximum absolute atomic E-state index is 10.8. The lowest BCUT2D eigenvalue weighted by atomic mass is 10.0. The van der Waals surface area contributed by atoms with Crippen LogP contribution in [0.5, 0.6) is 5.88 Å². The molecule has 4 rings (SSSR count). The number of fused-ring (bicyclic) bond motifs is 1. The zero-order valence-corrected chi connectivity index (χ0v) is 19.6. The molecule has 0 bridgehead atoms. The molecule has 0 saturated heterocycles. The van der Waals surface area contributed by atoms with Crippen LogP contribution in [0.3, 0.4) is 0 Å². The van der Waals surface area contributed by atoms with Crippen LogP contribution < -0.4 is 0 Å². The van der Waals surface area contributed by atoms with E-state index in [9.17, 15) is 5.11 Å². The van der Waals surface area contributed by atoms with Crippen molar-refractivity contribution in [2.75, 3.05) is 14.1 Å². The number of nitrogens with zero attached hydrogens (tertiary/aromatic N) is 2. The lowest BCUT2D eigenvalue weighted by Gasteiger charge is -2.11. The highest BCUT2D eigenvalue weighted by atomic mass is 127. The van der Waals surface area contributed by atoms with Crippen LogP contribution in [0.25, 0.3) is 10.9 Å². The van der Waals surface area contributed by atoms with E-state index in [2.05, 4.69) is 50.7 Å². The van der Waals surface area contributed by atoms with Crippen LogP contribution >= 0.6 is 34.2 Å². The fourth-order valence-electron chi connectivity index (χ4n) is 3.47. The van der Waals surface area contributed by atoms with Crippen LogP contribution in [0.4, 0.5) is 5.69 Å². The number of rotatable bonds is 5. The van der Waals surface area contributed by atoms with Gasteiger partial charge in [0.1, 0.15) is 0 Å². The molecule has 0 spiro atoms. The highest BCUT2D eigenvalue weighted by Crippen LogP contribution is 2.33. The van der Waals surface area contributed by atoms with Gasteiger partial charge in [-0.05, 0) is 78.6 Å². The SMILES string of the molecule is CN(C)Cc1ccc(N=C(c2cccc(I)c2)c2c(O)[nH]c3cc(Cl)ccc23)cc1. The van der Waals surface area contributed by atoms with Crippen molar-refractivity contribution in [2.24, 2.45) is 4.99 Å². The lowest BCUT2D eigenvalue weighted by Crippen LogP contribution is -2.10. The van der Waals surface area contributed by atoms with Gasteiger partial charge in [0.15, 0.2) is 5.88 Å². The summed E-state index contributed by atoms with van der Waals surface area (Å²) in [4.78, 5) is 10.1. The first-order valence-corrected chi connectivity index (χ1v) is 11.0. The van der Waals surface area contributed by atoms with Crippen molar-refractivity contribution in [3.63, 3.8) is 0 Å². The van der Waals surface area contributed by atoms with Gasteiger partial charge >= 0.3 is 0 Å². The number of hydrogen-bond donors (Lipinski definition) is 2. The van der Waals surface area contributed by atoms with Gasteiger partial charge in [0, 0.05) is 26.1 Å². The summed E-state index contributed by atoms with van der Waals surface area (Å²) in [5.41, 5.74) is 5.13. The molecule has 1 heterocycles. The second-order valence-electron chi connectivity index (χ2n) is 7.41. The molecule has 0 unspecified atom stereocenters. The van der Waals surface area contributed by atoms with Crippen molar-refractivity contribution in [1.82, 2.24) is 9.88 Å². The molecule has 4 nitrogen and oxygen atoms in total. The molecule has 2 N–H and O–H groups in total. The minimum Gasteiger partial charge on any atom is -0.494 e. The Hall–Kier alpha value is -2.35. The van der Waals surface area contributed by atoms with E-state index in [-0.39, 0.29) is 5.88 Å². The third-order valence-corrected chi connectivity index (χ3v) is 5.66. The summed E-state index contributed by atoms with van der Waals surface area (Å²) in [6.45, 7) is 0.873. The number of aliphatic imine (C=N–C) groups is 1. The van der Waals surface area contributed by atoms with Crippen molar-refractivity contribution in [1.29, 1.82) is 0 Å². The van der Waals surface area contributed by atoms with Crippen LogP contribution in [0, 0.1) is 3.57 Å². The molecule has 0 aliphatic rings. The fourth-order valence-corrected chi connectivity index (χ4v) is 4.18. The number of H-pyrrole nitrogens is 1. The number of benzene rings is 3. The first-order chi connectivity index (χ1) is 14.4. The maximum atomic E-state index is 10.8. The van der Waals surface area contributed by atoms with Gasteiger partial charge in [0.2, 0.25) is 0 Å². The number of nitrogens with one attached hydrogen (secondary N) is 1. The van der Waals surface area contributed by atoms with Gasteiger partial charge < -0.3 is 15.0 Å². The molecule has 0 atom stereocenters. The number of aromatic nitrogens is 1. The molecule has 1 aromatic heterocycles. The smallest absolute Gasteiger partial charge is 0.199 e. The van der Waals surface area contributed by atoms with E-state index in [0.29, 0.717) is 16.3 Å². The van der Waals surface area contributed by atoms with E-state index in [0.717, 1.165) is 32.3 Å². The predicted molar refractivity (Wildman–Crippen MR) is 133 cm³/mol. The normalized spacial score (nSPS) is 12.1. The van der Waals surface area contributed by atoms with E-state index in [1.165, 1.54) is 5.56 Å². The first-order valence-electron chi connectivity index (χ1n) is 9.49. The van der Waals surface area contributed by atoms with E-state index in [4.69, 9.17) is 16.6 Å². The topological polar surface area (TPSA) is 51.6 Å². The zero-order valence-electron chi connectivity index (χ0n) is 16.7. The zero-order chi connectivity index (χ0) is 21.3. The monoisotopic (exact) mass is 529 g/mol. The highest BCUT2D eigenvalue weighted by Gasteiger charge is 2.19. The predicted octanol–water partition coefficient (Wildman–Crippen LogP) is 6.36. The van der Waals surface area contributed by atoms with Gasteiger partial charge in [-0.15, -0.1) is 0 Å². The molecule has 0 radical (unpaired) electrons. The number of hydrogen-bond acceptors (Lipinski definition) is 3. The average Bonchev–Trinajstić information content (AvgIpc) is 3.01. The summed E-state index contributed by atoms with van der Waals surface area (Å²) in [5.74, 6) is 0.0779. The standard InChI is InChI=1S/C24H21ClIN3O/c1-29(2)14-15-6-9-19(10-7-15)27-23(16-4-3-5-18(26)12-16)22-20-11-8-17(25)13-21(20)28-24(22)30/h3-13,28,30H,14H2,1-2H3. The molecule has 0 amide bonds. The molecule has 6 heteroatoms. The number of halogens is 2. The molecule has 0 aliphatic carbocycles. The second kappa shape index (κ2) is 8.79. The first kappa shape index (κ1) is 20.9.